The zero-order chi connectivity index (χ0) is 13.0. The minimum atomic E-state index is -0.499. The van der Waals surface area contributed by atoms with Crippen LogP contribution in [-0.2, 0) is 11.2 Å². The minimum Gasteiger partial charge on any atom is -0.385 e. The summed E-state index contributed by atoms with van der Waals surface area (Å²) in [6.07, 6.45) is 5.98. The molecule has 1 fully saturated rings. The molecule has 0 aromatic heterocycles. The lowest BCUT2D eigenvalue weighted by atomic mass is 9.88. The average Bonchev–Trinajstić information content (AvgIpc) is 2.89. The van der Waals surface area contributed by atoms with Crippen LogP contribution in [0.3, 0.4) is 0 Å². The highest BCUT2D eigenvalue weighted by Crippen LogP contribution is 2.42. The molecule has 1 aromatic rings. The van der Waals surface area contributed by atoms with Crippen molar-refractivity contribution >= 4 is 0 Å². The largest absolute Gasteiger partial charge is 0.385 e. The first-order chi connectivity index (χ1) is 8.72. The van der Waals surface area contributed by atoms with E-state index in [9.17, 15) is 5.11 Å². The van der Waals surface area contributed by atoms with Crippen LogP contribution in [-0.4, -0.2) is 17.8 Å². The summed E-state index contributed by atoms with van der Waals surface area (Å²) in [5.41, 5.74) is 1.97. The highest BCUT2D eigenvalue weighted by atomic mass is 16.5. The standard InChI is InChI=1S/C16H24O2/c1-3-6-13-7-9-14(10-8-13)15(17)16(18-2)11-4-5-12-16/h7-10,15,17H,3-6,11-12H2,1-2H3. The molecule has 1 aromatic carbocycles. The van der Waals surface area contributed by atoms with Crippen LogP contribution in [0.2, 0.25) is 0 Å². The van der Waals surface area contributed by atoms with Crippen molar-refractivity contribution in [2.24, 2.45) is 0 Å². The monoisotopic (exact) mass is 248 g/mol. The van der Waals surface area contributed by atoms with Gasteiger partial charge in [-0.05, 0) is 30.4 Å². The van der Waals surface area contributed by atoms with Gasteiger partial charge in [0.2, 0.25) is 0 Å². The number of aliphatic hydroxyl groups is 1. The van der Waals surface area contributed by atoms with E-state index < -0.39 is 6.10 Å². The van der Waals surface area contributed by atoms with Crippen LogP contribution in [0.1, 0.15) is 56.3 Å². The molecule has 100 valence electrons. The lowest BCUT2D eigenvalue weighted by Gasteiger charge is -2.33. The van der Waals surface area contributed by atoms with E-state index in [1.807, 2.05) is 0 Å². The Kier molecular flexibility index (Phi) is 4.41. The molecule has 0 bridgehead atoms. The van der Waals surface area contributed by atoms with E-state index in [2.05, 4.69) is 31.2 Å². The third kappa shape index (κ3) is 2.60. The smallest absolute Gasteiger partial charge is 0.108 e. The number of aryl methyl sites for hydroxylation is 1. The van der Waals surface area contributed by atoms with E-state index >= 15 is 0 Å². The topological polar surface area (TPSA) is 29.5 Å². The van der Waals surface area contributed by atoms with Crippen molar-refractivity contribution < 1.29 is 9.84 Å². The number of hydrogen-bond donors (Lipinski definition) is 1. The van der Waals surface area contributed by atoms with Gasteiger partial charge in [-0.3, -0.25) is 0 Å². The summed E-state index contributed by atoms with van der Waals surface area (Å²) in [6.45, 7) is 2.18. The Bertz CT molecular complexity index is 363. The Hall–Kier alpha value is -0.860. The van der Waals surface area contributed by atoms with Crippen molar-refractivity contribution in [2.45, 2.75) is 57.2 Å². The normalized spacial score (nSPS) is 19.9. The number of ether oxygens (including phenoxy) is 1. The maximum absolute atomic E-state index is 10.6. The molecule has 2 nitrogen and oxygen atoms in total. The first kappa shape index (κ1) is 13.6. The SMILES string of the molecule is CCCc1ccc(C(O)C2(OC)CCCC2)cc1. The maximum Gasteiger partial charge on any atom is 0.108 e. The Labute approximate surface area is 110 Å². The van der Waals surface area contributed by atoms with Gasteiger partial charge in [-0.15, -0.1) is 0 Å². The van der Waals surface area contributed by atoms with Gasteiger partial charge in [-0.1, -0.05) is 50.5 Å². The van der Waals surface area contributed by atoms with Crippen molar-refractivity contribution in [3.8, 4) is 0 Å². The molecule has 0 aliphatic heterocycles. The van der Waals surface area contributed by atoms with Crippen LogP contribution in [0.25, 0.3) is 0 Å². The molecule has 0 amide bonds. The second-order valence-electron chi connectivity index (χ2n) is 5.37. The van der Waals surface area contributed by atoms with Crippen LogP contribution in [0.4, 0.5) is 0 Å². The van der Waals surface area contributed by atoms with Gasteiger partial charge in [0.25, 0.3) is 0 Å². The van der Waals surface area contributed by atoms with Crippen molar-refractivity contribution in [3.05, 3.63) is 35.4 Å². The van der Waals surface area contributed by atoms with Gasteiger partial charge in [0.05, 0.1) is 5.60 Å². The van der Waals surface area contributed by atoms with E-state index in [1.165, 1.54) is 5.56 Å². The summed E-state index contributed by atoms with van der Waals surface area (Å²) in [4.78, 5) is 0. The van der Waals surface area contributed by atoms with Crippen LogP contribution in [0.15, 0.2) is 24.3 Å². The number of benzene rings is 1. The summed E-state index contributed by atoms with van der Waals surface area (Å²) in [5, 5.41) is 10.6. The molecule has 1 saturated carbocycles. The van der Waals surface area contributed by atoms with Gasteiger partial charge in [0.1, 0.15) is 6.10 Å². The van der Waals surface area contributed by atoms with Crippen LogP contribution in [0.5, 0.6) is 0 Å². The molecule has 1 aliphatic rings. The quantitative estimate of drug-likeness (QED) is 0.862. The maximum atomic E-state index is 10.6. The van der Waals surface area contributed by atoms with Crippen LogP contribution in [0, 0.1) is 0 Å². The zero-order valence-corrected chi connectivity index (χ0v) is 11.5. The third-order valence-electron chi connectivity index (χ3n) is 4.19. The van der Waals surface area contributed by atoms with E-state index in [0.717, 1.165) is 44.1 Å². The van der Waals surface area contributed by atoms with Gasteiger partial charge < -0.3 is 9.84 Å². The molecule has 0 spiro atoms. The molecular formula is C16H24O2. The van der Waals surface area contributed by atoms with Crippen molar-refractivity contribution in [1.29, 1.82) is 0 Å². The molecule has 2 rings (SSSR count). The second kappa shape index (κ2) is 5.85. The number of hydrogen-bond acceptors (Lipinski definition) is 2. The number of methoxy groups -OCH3 is 1. The fourth-order valence-corrected chi connectivity index (χ4v) is 3.02. The fourth-order valence-electron chi connectivity index (χ4n) is 3.02. The summed E-state index contributed by atoms with van der Waals surface area (Å²) in [5.74, 6) is 0. The summed E-state index contributed by atoms with van der Waals surface area (Å²) in [6, 6.07) is 8.35. The molecule has 0 heterocycles. The summed E-state index contributed by atoms with van der Waals surface area (Å²) >= 11 is 0. The Morgan fingerprint density at radius 2 is 1.83 bits per heavy atom. The molecule has 1 atom stereocenters. The second-order valence-corrected chi connectivity index (χ2v) is 5.37. The first-order valence-corrected chi connectivity index (χ1v) is 7.04. The minimum absolute atomic E-state index is 0.355. The molecule has 0 radical (unpaired) electrons. The van der Waals surface area contributed by atoms with Gasteiger partial charge in [-0.2, -0.15) is 0 Å². The first-order valence-electron chi connectivity index (χ1n) is 7.04. The average molecular weight is 248 g/mol. The van der Waals surface area contributed by atoms with E-state index in [4.69, 9.17) is 4.74 Å². The Morgan fingerprint density at radius 3 is 2.33 bits per heavy atom. The van der Waals surface area contributed by atoms with Crippen molar-refractivity contribution in [3.63, 3.8) is 0 Å². The van der Waals surface area contributed by atoms with E-state index in [1.54, 1.807) is 7.11 Å². The summed E-state index contributed by atoms with van der Waals surface area (Å²) in [7, 11) is 1.72. The predicted molar refractivity (Wildman–Crippen MR) is 73.6 cm³/mol. The third-order valence-corrected chi connectivity index (χ3v) is 4.19. The van der Waals surface area contributed by atoms with Gasteiger partial charge in [0.15, 0.2) is 0 Å². The fraction of sp³-hybridized carbons (Fsp3) is 0.625. The van der Waals surface area contributed by atoms with Crippen LogP contribution >= 0.6 is 0 Å². The molecule has 0 saturated heterocycles. The van der Waals surface area contributed by atoms with Gasteiger partial charge in [0, 0.05) is 7.11 Å². The van der Waals surface area contributed by atoms with Gasteiger partial charge >= 0.3 is 0 Å². The molecule has 1 unspecified atom stereocenters. The lowest BCUT2D eigenvalue weighted by molar-refractivity contribution is -0.100. The molecular weight excluding hydrogens is 224 g/mol. The Morgan fingerprint density at radius 1 is 1.22 bits per heavy atom. The Balaban J connectivity index is 2.14. The highest BCUT2D eigenvalue weighted by molar-refractivity contribution is 5.26. The number of rotatable bonds is 5. The lowest BCUT2D eigenvalue weighted by Crippen LogP contribution is -2.35. The predicted octanol–water partition coefficient (Wildman–Crippen LogP) is 3.63. The van der Waals surface area contributed by atoms with Crippen molar-refractivity contribution in [1.82, 2.24) is 0 Å². The number of aliphatic hydroxyl groups excluding tert-OH is 1. The molecule has 2 heteroatoms. The molecule has 1 N–H and O–H groups in total. The van der Waals surface area contributed by atoms with Crippen LogP contribution < -0.4 is 0 Å². The van der Waals surface area contributed by atoms with Gasteiger partial charge in [-0.25, -0.2) is 0 Å². The van der Waals surface area contributed by atoms with Crippen molar-refractivity contribution in [2.75, 3.05) is 7.11 Å². The highest BCUT2D eigenvalue weighted by Gasteiger charge is 2.41. The molecule has 1 aliphatic carbocycles. The van der Waals surface area contributed by atoms with E-state index in [-0.39, 0.29) is 5.60 Å². The summed E-state index contributed by atoms with van der Waals surface area (Å²) < 4.78 is 5.64. The molecule has 18 heavy (non-hydrogen) atoms. The van der Waals surface area contributed by atoms with E-state index in [0.29, 0.717) is 0 Å². The zero-order valence-electron chi connectivity index (χ0n) is 11.5.